The summed E-state index contributed by atoms with van der Waals surface area (Å²) in [5.74, 6) is 0.564. The molecule has 1 N–H and O–H groups in total. The lowest BCUT2D eigenvalue weighted by Crippen LogP contribution is -2.58. The first-order valence-electron chi connectivity index (χ1n) is 6.32. The number of alkyl carbamates (subject to hydrolysis) is 1. The standard InChI is InChI=1S/C13H21NO3/c1-8(2)17-11(16)14-13-6-5-9(7-10(13)15)12(13,3)4/h8-9H,5-7H2,1-4H3,(H,14,16)/t9-,13-/m1/s1. The van der Waals surface area contributed by atoms with Crippen LogP contribution in [0, 0.1) is 11.3 Å². The van der Waals surface area contributed by atoms with Gasteiger partial charge in [-0.3, -0.25) is 4.79 Å². The second-order valence-electron chi connectivity index (χ2n) is 6.07. The van der Waals surface area contributed by atoms with Gasteiger partial charge in [0.2, 0.25) is 0 Å². The van der Waals surface area contributed by atoms with Crippen molar-refractivity contribution in [2.45, 2.75) is 58.6 Å². The predicted molar refractivity (Wildman–Crippen MR) is 63.6 cm³/mol. The minimum Gasteiger partial charge on any atom is -0.447 e. The molecule has 2 atom stereocenters. The molecule has 0 saturated heterocycles. The number of rotatable bonds is 2. The van der Waals surface area contributed by atoms with Crippen molar-refractivity contribution in [1.82, 2.24) is 5.32 Å². The Morgan fingerprint density at radius 3 is 2.53 bits per heavy atom. The highest BCUT2D eigenvalue weighted by molar-refractivity contribution is 5.96. The minimum atomic E-state index is -0.691. The molecule has 1 amide bonds. The van der Waals surface area contributed by atoms with Crippen LogP contribution in [-0.2, 0) is 9.53 Å². The summed E-state index contributed by atoms with van der Waals surface area (Å²) in [6, 6.07) is 0. The summed E-state index contributed by atoms with van der Waals surface area (Å²) in [6.07, 6.45) is 1.72. The lowest BCUT2D eigenvalue weighted by Gasteiger charge is -2.36. The van der Waals surface area contributed by atoms with E-state index in [1.165, 1.54) is 0 Å². The van der Waals surface area contributed by atoms with Gasteiger partial charge in [0.15, 0.2) is 5.78 Å². The molecule has 0 unspecified atom stereocenters. The summed E-state index contributed by atoms with van der Waals surface area (Å²) in [6.45, 7) is 7.75. The molecule has 4 heteroatoms. The van der Waals surface area contributed by atoms with Gasteiger partial charge in [-0.15, -0.1) is 0 Å². The van der Waals surface area contributed by atoms with Crippen molar-refractivity contribution in [2.24, 2.45) is 11.3 Å². The Bertz CT molecular complexity index is 362. The zero-order valence-corrected chi connectivity index (χ0v) is 11.0. The van der Waals surface area contributed by atoms with E-state index in [9.17, 15) is 9.59 Å². The van der Waals surface area contributed by atoms with Crippen LogP contribution in [0.15, 0.2) is 0 Å². The van der Waals surface area contributed by atoms with Gasteiger partial charge in [0.05, 0.1) is 6.10 Å². The van der Waals surface area contributed by atoms with Crippen molar-refractivity contribution in [2.75, 3.05) is 0 Å². The van der Waals surface area contributed by atoms with Crippen molar-refractivity contribution in [3.05, 3.63) is 0 Å². The molecule has 0 radical (unpaired) electrons. The molecule has 96 valence electrons. The van der Waals surface area contributed by atoms with Gasteiger partial charge in [0, 0.05) is 6.42 Å². The lowest BCUT2D eigenvalue weighted by molar-refractivity contribution is -0.125. The number of carbonyl (C=O) groups excluding carboxylic acids is 2. The number of fused-ring (bicyclic) bond motifs is 2. The molecule has 17 heavy (non-hydrogen) atoms. The van der Waals surface area contributed by atoms with E-state index >= 15 is 0 Å². The van der Waals surface area contributed by atoms with E-state index < -0.39 is 11.6 Å². The molecule has 0 aromatic heterocycles. The third kappa shape index (κ3) is 1.65. The molecule has 4 nitrogen and oxygen atoms in total. The fourth-order valence-corrected chi connectivity index (χ4v) is 3.39. The number of hydrogen-bond acceptors (Lipinski definition) is 3. The van der Waals surface area contributed by atoms with Gasteiger partial charge in [0.1, 0.15) is 5.54 Å². The van der Waals surface area contributed by atoms with E-state index in [4.69, 9.17) is 4.74 Å². The number of hydrogen-bond donors (Lipinski definition) is 1. The summed E-state index contributed by atoms with van der Waals surface area (Å²) >= 11 is 0. The van der Waals surface area contributed by atoms with Crippen LogP contribution < -0.4 is 5.32 Å². The molecule has 0 heterocycles. The van der Waals surface area contributed by atoms with E-state index in [1.807, 2.05) is 0 Å². The minimum absolute atomic E-state index is 0.153. The maximum atomic E-state index is 12.1. The van der Waals surface area contributed by atoms with Crippen LogP contribution in [0.1, 0.15) is 47.0 Å². The highest BCUT2D eigenvalue weighted by Crippen LogP contribution is 2.58. The topological polar surface area (TPSA) is 55.4 Å². The van der Waals surface area contributed by atoms with E-state index in [2.05, 4.69) is 19.2 Å². The van der Waals surface area contributed by atoms with Crippen LogP contribution >= 0.6 is 0 Å². The van der Waals surface area contributed by atoms with Gasteiger partial charge >= 0.3 is 6.09 Å². The first kappa shape index (κ1) is 12.4. The smallest absolute Gasteiger partial charge is 0.408 e. The monoisotopic (exact) mass is 239 g/mol. The van der Waals surface area contributed by atoms with Crippen molar-refractivity contribution in [3.63, 3.8) is 0 Å². The van der Waals surface area contributed by atoms with Crippen molar-refractivity contribution < 1.29 is 14.3 Å². The average Bonchev–Trinajstić information content (AvgIpc) is 2.49. The second-order valence-corrected chi connectivity index (χ2v) is 6.07. The van der Waals surface area contributed by atoms with Crippen molar-refractivity contribution >= 4 is 11.9 Å². The first-order valence-corrected chi connectivity index (χ1v) is 6.32. The van der Waals surface area contributed by atoms with Gasteiger partial charge in [-0.1, -0.05) is 13.8 Å². The van der Waals surface area contributed by atoms with Crippen LogP contribution in [0.3, 0.4) is 0 Å². The number of amides is 1. The highest BCUT2D eigenvalue weighted by Gasteiger charge is 2.65. The Morgan fingerprint density at radius 1 is 1.47 bits per heavy atom. The highest BCUT2D eigenvalue weighted by atomic mass is 16.6. The van der Waals surface area contributed by atoms with E-state index in [-0.39, 0.29) is 17.3 Å². The Hall–Kier alpha value is -1.06. The largest absolute Gasteiger partial charge is 0.447 e. The molecule has 0 aliphatic heterocycles. The van der Waals surface area contributed by atoms with Crippen LogP contribution in [0.25, 0.3) is 0 Å². The number of Topliss-reactive ketones (excluding diaryl/α,β-unsaturated/α-hetero) is 1. The van der Waals surface area contributed by atoms with Crippen LogP contribution in [0.4, 0.5) is 4.79 Å². The third-order valence-corrected chi connectivity index (χ3v) is 4.55. The van der Waals surface area contributed by atoms with Gasteiger partial charge in [-0.2, -0.15) is 0 Å². The van der Waals surface area contributed by atoms with Gasteiger partial charge in [-0.05, 0) is 38.0 Å². The predicted octanol–water partition coefficient (Wildman–Crippen LogP) is 2.27. The molecule has 0 spiro atoms. The fraction of sp³-hybridized carbons (Fsp3) is 0.846. The van der Waals surface area contributed by atoms with Crippen LogP contribution in [-0.4, -0.2) is 23.5 Å². The summed E-state index contributed by atoms with van der Waals surface area (Å²) in [7, 11) is 0. The quantitative estimate of drug-likeness (QED) is 0.804. The Kier molecular flexibility index (Phi) is 2.71. The Balaban J connectivity index is 2.18. The van der Waals surface area contributed by atoms with Gasteiger partial charge in [-0.25, -0.2) is 4.79 Å². The molecule has 2 saturated carbocycles. The zero-order valence-electron chi connectivity index (χ0n) is 11.0. The summed E-state index contributed by atoms with van der Waals surface area (Å²) < 4.78 is 5.10. The molecule has 0 aromatic carbocycles. The van der Waals surface area contributed by atoms with Gasteiger partial charge in [0.25, 0.3) is 0 Å². The summed E-state index contributed by atoms with van der Waals surface area (Å²) in [5.41, 5.74) is -0.844. The third-order valence-electron chi connectivity index (χ3n) is 4.55. The van der Waals surface area contributed by atoms with Crippen LogP contribution in [0.5, 0.6) is 0 Å². The SMILES string of the molecule is CC(C)OC(=O)N[C@]12CC[C@H](CC1=O)C2(C)C. The molecule has 2 aliphatic rings. The Labute approximate surface area is 102 Å². The number of ether oxygens (including phenoxy) is 1. The summed E-state index contributed by atoms with van der Waals surface area (Å²) in [5, 5.41) is 2.84. The Morgan fingerprint density at radius 2 is 2.12 bits per heavy atom. The molecule has 0 aromatic rings. The number of carbonyl (C=O) groups is 2. The lowest BCUT2D eigenvalue weighted by atomic mass is 9.76. The molecule has 2 aliphatic carbocycles. The second kappa shape index (κ2) is 3.72. The molecular formula is C13H21NO3. The molecule has 2 rings (SSSR count). The van der Waals surface area contributed by atoms with Crippen molar-refractivity contribution in [1.29, 1.82) is 0 Å². The van der Waals surface area contributed by atoms with E-state index in [0.29, 0.717) is 12.3 Å². The maximum absolute atomic E-state index is 12.1. The normalized spacial score (nSPS) is 34.2. The first-order chi connectivity index (χ1) is 7.79. The van der Waals surface area contributed by atoms with E-state index in [0.717, 1.165) is 12.8 Å². The summed E-state index contributed by atoms with van der Waals surface area (Å²) in [4.78, 5) is 23.9. The van der Waals surface area contributed by atoms with E-state index in [1.54, 1.807) is 13.8 Å². The van der Waals surface area contributed by atoms with Gasteiger partial charge < -0.3 is 10.1 Å². The average molecular weight is 239 g/mol. The number of ketones is 1. The maximum Gasteiger partial charge on any atom is 0.408 e. The zero-order chi connectivity index (χ0) is 12.8. The van der Waals surface area contributed by atoms with Crippen LogP contribution in [0.2, 0.25) is 0 Å². The molecule has 2 bridgehead atoms. The number of nitrogens with one attached hydrogen (secondary N) is 1. The van der Waals surface area contributed by atoms with Crippen molar-refractivity contribution in [3.8, 4) is 0 Å². The molecule has 2 fully saturated rings. The fourth-order valence-electron chi connectivity index (χ4n) is 3.39. The molecular weight excluding hydrogens is 218 g/mol.